The first kappa shape index (κ1) is 17.3. The molecule has 0 spiro atoms. The Kier molecular flexibility index (Phi) is 5.50. The van der Waals surface area contributed by atoms with Gasteiger partial charge in [-0.1, -0.05) is 15.9 Å². The quantitative estimate of drug-likeness (QED) is 0.795. The van der Waals surface area contributed by atoms with Crippen molar-refractivity contribution in [2.24, 2.45) is 0 Å². The first-order valence-corrected chi connectivity index (χ1v) is 9.95. The lowest BCUT2D eigenvalue weighted by Gasteiger charge is -2.30. The summed E-state index contributed by atoms with van der Waals surface area (Å²) in [4.78, 5) is 14.1. The number of amides is 1. The molecule has 1 aromatic carbocycles. The van der Waals surface area contributed by atoms with Gasteiger partial charge < -0.3 is 4.90 Å². The molecule has 1 amide bonds. The van der Waals surface area contributed by atoms with Crippen LogP contribution in [0.15, 0.2) is 22.7 Å². The number of aryl methyl sites for hydroxylation is 1. The molecule has 1 aliphatic rings. The van der Waals surface area contributed by atoms with Crippen molar-refractivity contribution in [3.05, 3.63) is 28.2 Å². The van der Waals surface area contributed by atoms with Gasteiger partial charge in [0, 0.05) is 17.6 Å². The summed E-state index contributed by atoms with van der Waals surface area (Å²) in [5, 5.41) is 0. The molecule has 1 aromatic rings. The minimum Gasteiger partial charge on any atom is -0.341 e. The average molecular weight is 389 g/mol. The Bertz CT molecular complexity index is 655. The van der Waals surface area contributed by atoms with Crippen LogP contribution in [0.1, 0.15) is 24.8 Å². The lowest BCUT2D eigenvalue weighted by molar-refractivity contribution is -0.130. The molecule has 0 aromatic heterocycles. The standard InChI is InChI=1S/C15H21BrN2O3S/c1-12-10-13(6-7-14(12)16)18(22(2,20)21)11-15(19)17-8-4-3-5-9-17/h6-7,10H,3-5,8-9,11H2,1-2H3. The van der Waals surface area contributed by atoms with E-state index in [-0.39, 0.29) is 12.5 Å². The van der Waals surface area contributed by atoms with Crippen molar-refractivity contribution in [3.8, 4) is 0 Å². The van der Waals surface area contributed by atoms with Crippen molar-refractivity contribution in [2.45, 2.75) is 26.2 Å². The van der Waals surface area contributed by atoms with Gasteiger partial charge in [0.15, 0.2) is 0 Å². The minimum absolute atomic E-state index is 0.134. The first-order chi connectivity index (χ1) is 10.3. The number of nitrogens with zero attached hydrogens (tertiary/aromatic N) is 2. The van der Waals surface area contributed by atoms with Crippen LogP contribution in [-0.4, -0.2) is 45.1 Å². The molecule has 0 N–H and O–H groups in total. The normalized spacial score (nSPS) is 15.7. The fraction of sp³-hybridized carbons (Fsp3) is 0.533. The number of hydrogen-bond donors (Lipinski definition) is 0. The SMILES string of the molecule is Cc1cc(N(CC(=O)N2CCCCC2)S(C)(=O)=O)ccc1Br. The van der Waals surface area contributed by atoms with Gasteiger partial charge in [-0.15, -0.1) is 0 Å². The molecule has 5 nitrogen and oxygen atoms in total. The highest BCUT2D eigenvalue weighted by molar-refractivity contribution is 9.10. The van der Waals surface area contributed by atoms with Gasteiger partial charge in [-0.3, -0.25) is 9.10 Å². The van der Waals surface area contributed by atoms with E-state index in [2.05, 4.69) is 15.9 Å². The van der Waals surface area contributed by atoms with E-state index in [0.717, 1.165) is 48.6 Å². The van der Waals surface area contributed by atoms with E-state index in [1.165, 1.54) is 4.31 Å². The molecule has 22 heavy (non-hydrogen) atoms. The van der Waals surface area contributed by atoms with E-state index < -0.39 is 10.0 Å². The number of hydrogen-bond acceptors (Lipinski definition) is 3. The zero-order valence-electron chi connectivity index (χ0n) is 12.9. The Labute approximate surface area is 140 Å². The molecule has 0 radical (unpaired) electrons. The summed E-state index contributed by atoms with van der Waals surface area (Å²) in [6.07, 6.45) is 4.24. The van der Waals surface area contributed by atoms with Crippen molar-refractivity contribution in [2.75, 3.05) is 30.2 Å². The van der Waals surface area contributed by atoms with Crippen LogP contribution in [-0.2, 0) is 14.8 Å². The predicted molar refractivity (Wildman–Crippen MR) is 91.5 cm³/mol. The van der Waals surface area contributed by atoms with E-state index in [4.69, 9.17) is 0 Å². The van der Waals surface area contributed by atoms with Crippen LogP contribution in [0.2, 0.25) is 0 Å². The molecule has 0 unspecified atom stereocenters. The zero-order chi connectivity index (χ0) is 16.3. The fourth-order valence-corrected chi connectivity index (χ4v) is 3.64. The van der Waals surface area contributed by atoms with Gasteiger partial charge in [0.25, 0.3) is 0 Å². The topological polar surface area (TPSA) is 57.7 Å². The summed E-state index contributed by atoms with van der Waals surface area (Å²) in [6, 6.07) is 5.28. The van der Waals surface area contributed by atoms with E-state index >= 15 is 0 Å². The van der Waals surface area contributed by atoms with Crippen LogP contribution in [0.25, 0.3) is 0 Å². The van der Waals surface area contributed by atoms with Gasteiger partial charge in [-0.25, -0.2) is 8.42 Å². The summed E-state index contributed by atoms with van der Waals surface area (Å²) in [6.45, 7) is 3.19. The number of sulfonamides is 1. The summed E-state index contributed by atoms with van der Waals surface area (Å²) < 4.78 is 26.3. The molecule has 1 fully saturated rings. The molecule has 0 atom stereocenters. The van der Waals surface area contributed by atoms with E-state index in [1.807, 2.05) is 6.92 Å². The second kappa shape index (κ2) is 7.00. The van der Waals surface area contributed by atoms with Crippen molar-refractivity contribution in [1.29, 1.82) is 0 Å². The average Bonchev–Trinajstić information content (AvgIpc) is 2.47. The summed E-state index contributed by atoms with van der Waals surface area (Å²) >= 11 is 3.40. The number of anilines is 1. The van der Waals surface area contributed by atoms with Crippen LogP contribution < -0.4 is 4.31 Å². The van der Waals surface area contributed by atoms with Gasteiger partial charge in [0.05, 0.1) is 11.9 Å². The van der Waals surface area contributed by atoms with Gasteiger partial charge in [-0.2, -0.15) is 0 Å². The van der Waals surface area contributed by atoms with Gasteiger partial charge in [0.2, 0.25) is 15.9 Å². The Morgan fingerprint density at radius 1 is 1.27 bits per heavy atom. The molecule has 1 aliphatic heterocycles. The second-order valence-electron chi connectivity index (χ2n) is 5.64. The van der Waals surface area contributed by atoms with Crippen molar-refractivity contribution < 1.29 is 13.2 Å². The third-order valence-electron chi connectivity index (χ3n) is 3.82. The zero-order valence-corrected chi connectivity index (χ0v) is 15.3. The molecule has 0 bridgehead atoms. The van der Waals surface area contributed by atoms with Gasteiger partial charge in [0.1, 0.15) is 6.54 Å². The Morgan fingerprint density at radius 3 is 2.45 bits per heavy atom. The maximum atomic E-state index is 12.4. The molecule has 122 valence electrons. The molecule has 1 saturated heterocycles. The predicted octanol–water partition coefficient (Wildman–Crippen LogP) is 2.54. The van der Waals surface area contributed by atoms with Crippen LogP contribution >= 0.6 is 15.9 Å². The van der Waals surface area contributed by atoms with Crippen LogP contribution in [0.3, 0.4) is 0 Å². The number of rotatable bonds is 4. The van der Waals surface area contributed by atoms with Crippen molar-refractivity contribution in [1.82, 2.24) is 4.90 Å². The molecule has 0 aliphatic carbocycles. The van der Waals surface area contributed by atoms with E-state index in [0.29, 0.717) is 5.69 Å². The third kappa shape index (κ3) is 4.23. The van der Waals surface area contributed by atoms with Crippen LogP contribution in [0, 0.1) is 6.92 Å². The molecular weight excluding hydrogens is 368 g/mol. The molecule has 7 heteroatoms. The smallest absolute Gasteiger partial charge is 0.243 e. The number of halogens is 1. The fourth-order valence-electron chi connectivity index (χ4n) is 2.55. The summed E-state index contributed by atoms with van der Waals surface area (Å²) in [7, 11) is -3.51. The van der Waals surface area contributed by atoms with E-state index in [9.17, 15) is 13.2 Å². The lowest BCUT2D eigenvalue weighted by atomic mass is 10.1. The third-order valence-corrected chi connectivity index (χ3v) is 5.85. The minimum atomic E-state index is -3.51. The highest BCUT2D eigenvalue weighted by Crippen LogP contribution is 2.25. The van der Waals surface area contributed by atoms with Crippen LogP contribution in [0.5, 0.6) is 0 Å². The van der Waals surface area contributed by atoms with Crippen molar-refractivity contribution >= 4 is 37.5 Å². The second-order valence-corrected chi connectivity index (χ2v) is 8.41. The molecule has 0 saturated carbocycles. The van der Waals surface area contributed by atoms with Gasteiger partial charge in [-0.05, 0) is 49.9 Å². The lowest BCUT2D eigenvalue weighted by Crippen LogP contribution is -2.44. The number of piperidine rings is 1. The molecule has 1 heterocycles. The van der Waals surface area contributed by atoms with Crippen molar-refractivity contribution in [3.63, 3.8) is 0 Å². The van der Waals surface area contributed by atoms with Gasteiger partial charge >= 0.3 is 0 Å². The molecular formula is C15H21BrN2O3S. The maximum Gasteiger partial charge on any atom is 0.243 e. The summed E-state index contributed by atoms with van der Waals surface area (Å²) in [5.41, 5.74) is 1.45. The van der Waals surface area contributed by atoms with E-state index in [1.54, 1.807) is 23.1 Å². The summed E-state index contributed by atoms with van der Waals surface area (Å²) in [5.74, 6) is -0.134. The highest BCUT2D eigenvalue weighted by Gasteiger charge is 2.25. The number of likely N-dealkylation sites (tertiary alicyclic amines) is 1. The number of carbonyl (C=O) groups excluding carboxylic acids is 1. The first-order valence-electron chi connectivity index (χ1n) is 7.30. The Morgan fingerprint density at radius 2 is 1.91 bits per heavy atom. The van der Waals surface area contributed by atoms with Crippen LogP contribution in [0.4, 0.5) is 5.69 Å². The molecule has 2 rings (SSSR count). The largest absolute Gasteiger partial charge is 0.341 e. The number of carbonyl (C=O) groups is 1. The highest BCUT2D eigenvalue weighted by atomic mass is 79.9. The number of benzene rings is 1. The maximum absolute atomic E-state index is 12.4. The monoisotopic (exact) mass is 388 g/mol. The Balaban J connectivity index is 2.23. The Hall–Kier alpha value is -1.08.